The van der Waals surface area contributed by atoms with Crippen LogP contribution in [0.25, 0.3) is 44.4 Å². The summed E-state index contributed by atoms with van der Waals surface area (Å²) in [6.07, 6.45) is 5.96. The predicted octanol–water partition coefficient (Wildman–Crippen LogP) is 10.2. The van der Waals surface area contributed by atoms with E-state index in [1.54, 1.807) is 0 Å². The summed E-state index contributed by atoms with van der Waals surface area (Å²) in [4.78, 5) is 4.79. The molecule has 3 aromatic heterocycles. The van der Waals surface area contributed by atoms with Crippen LogP contribution in [0.3, 0.4) is 0 Å². The van der Waals surface area contributed by atoms with E-state index in [-0.39, 0.29) is 0 Å². The number of hydrogen-bond donors (Lipinski definition) is 0. The molecule has 0 N–H and O–H groups in total. The molecule has 0 aliphatic carbocycles. The third-order valence-corrected chi connectivity index (χ3v) is 8.39. The molecule has 0 aliphatic heterocycles. The Hall–Kier alpha value is -5.16. The van der Waals surface area contributed by atoms with Crippen LogP contribution in [0.2, 0.25) is 0 Å². The van der Waals surface area contributed by atoms with Gasteiger partial charge in [0.1, 0.15) is 17.3 Å². The Bertz CT molecular complexity index is 2160. The van der Waals surface area contributed by atoms with Crippen LogP contribution in [0.15, 0.2) is 104 Å². The second kappa shape index (κ2) is 10.8. The Morgan fingerprint density at radius 3 is 2.25 bits per heavy atom. The largest absolute Gasteiger partial charge is 0.457 e. The van der Waals surface area contributed by atoms with E-state index < -0.39 is 0 Å². The maximum Gasteiger partial charge on any atom is 0.137 e. The highest BCUT2D eigenvalue weighted by Gasteiger charge is 2.16. The van der Waals surface area contributed by atoms with Crippen LogP contribution in [0.1, 0.15) is 47.6 Å². The highest BCUT2D eigenvalue weighted by Crippen LogP contribution is 2.36. The van der Waals surface area contributed by atoms with Crippen LogP contribution in [0.5, 0.6) is 11.5 Å². The van der Waals surface area contributed by atoms with Gasteiger partial charge in [-0.25, -0.2) is 9.67 Å². The average Bonchev–Trinajstić information content (AvgIpc) is 3.59. The van der Waals surface area contributed by atoms with E-state index in [9.17, 15) is 0 Å². The smallest absolute Gasteiger partial charge is 0.137 e. The van der Waals surface area contributed by atoms with Crippen LogP contribution < -0.4 is 4.74 Å². The second-order valence-electron chi connectivity index (χ2n) is 12.2. The molecule has 0 bridgehead atoms. The zero-order valence-electron chi connectivity index (χ0n) is 26.1. The number of aromatic nitrogens is 4. The van der Waals surface area contributed by atoms with Crippen molar-refractivity contribution in [3.8, 4) is 34.1 Å². The normalized spacial score (nSPS) is 11.6. The van der Waals surface area contributed by atoms with Crippen molar-refractivity contribution >= 4 is 21.8 Å². The van der Waals surface area contributed by atoms with Crippen molar-refractivity contribution < 1.29 is 4.74 Å². The van der Waals surface area contributed by atoms with Gasteiger partial charge in [-0.1, -0.05) is 49.7 Å². The van der Waals surface area contributed by atoms with E-state index in [1.165, 1.54) is 38.6 Å². The fraction of sp³-hybridized carbons (Fsp3) is 0.179. The molecule has 0 amide bonds. The van der Waals surface area contributed by atoms with Crippen LogP contribution >= 0.6 is 0 Å². The van der Waals surface area contributed by atoms with Gasteiger partial charge in [-0.05, 0) is 104 Å². The van der Waals surface area contributed by atoms with E-state index in [1.807, 2.05) is 29.2 Å². The molecule has 7 rings (SSSR count). The summed E-state index contributed by atoms with van der Waals surface area (Å²) >= 11 is 0. The standard InChI is InChI=1S/C39H36N4O/c1-24(2)29-13-14-40-38(19-29)43-36-10-8-7-9-34(36)35-12-11-32(21-37(35)43)44-33-18-26(4)17-31(20-33)42-23-30(22-41-42)39-27(5)15-25(3)16-28(39)6/h7-24H,1-6H3. The molecule has 0 atom stereocenters. The van der Waals surface area contributed by atoms with Gasteiger partial charge in [-0.15, -0.1) is 0 Å². The molecule has 0 fully saturated rings. The predicted molar refractivity (Wildman–Crippen MR) is 181 cm³/mol. The van der Waals surface area contributed by atoms with Crippen LogP contribution in [0, 0.1) is 27.7 Å². The van der Waals surface area contributed by atoms with E-state index in [0.29, 0.717) is 5.92 Å². The van der Waals surface area contributed by atoms with Crippen molar-refractivity contribution in [2.45, 2.75) is 47.5 Å². The van der Waals surface area contributed by atoms with Gasteiger partial charge in [0.05, 0.1) is 22.9 Å². The lowest BCUT2D eigenvalue weighted by atomic mass is 9.96. The molecule has 5 nitrogen and oxygen atoms in total. The summed E-state index contributed by atoms with van der Waals surface area (Å²) < 4.78 is 10.7. The lowest BCUT2D eigenvalue weighted by molar-refractivity contribution is 0.482. The number of rotatable bonds is 6. The zero-order valence-corrected chi connectivity index (χ0v) is 26.1. The summed E-state index contributed by atoms with van der Waals surface area (Å²) in [5.74, 6) is 2.85. The Morgan fingerprint density at radius 2 is 1.45 bits per heavy atom. The van der Waals surface area contributed by atoms with Gasteiger partial charge in [-0.2, -0.15) is 5.10 Å². The van der Waals surface area contributed by atoms with Crippen LogP contribution in [0.4, 0.5) is 0 Å². The lowest BCUT2D eigenvalue weighted by Crippen LogP contribution is -1.99. The Labute approximate surface area is 258 Å². The number of benzene rings is 4. The first-order chi connectivity index (χ1) is 21.2. The molecule has 0 aliphatic rings. The molecule has 44 heavy (non-hydrogen) atoms. The van der Waals surface area contributed by atoms with Gasteiger partial charge in [-0.3, -0.25) is 4.57 Å². The maximum absolute atomic E-state index is 6.55. The number of nitrogens with zero attached hydrogens (tertiary/aromatic N) is 4. The van der Waals surface area contributed by atoms with Crippen LogP contribution in [-0.4, -0.2) is 19.3 Å². The van der Waals surface area contributed by atoms with Crippen molar-refractivity contribution in [1.82, 2.24) is 19.3 Å². The second-order valence-corrected chi connectivity index (χ2v) is 12.2. The minimum atomic E-state index is 0.412. The summed E-state index contributed by atoms with van der Waals surface area (Å²) in [6.45, 7) is 13.0. The van der Waals surface area contributed by atoms with Gasteiger partial charge in [0.2, 0.25) is 0 Å². The Kier molecular flexibility index (Phi) is 6.81. The molecule has 218 valence electrons. The molecular formula is C39H36N4O. The van der Waals surface area contributed by atoms with E-state index >= 15 is 0 Å². The van der Waals surface area contributed by atoms with Gasteiger partial charge in [0, 0.05) is 40.9 Å². The van der Waals surface area contributed by atoms with E-state index in [4.69, 9.17) is 14.8 Å². The number of fused-ring (bicyclic) bond motifs is 3. The maximum atomic E-state index is 6.55. The zero-order chi connectivity index (χ0) is 30.5. The summed E-state index contributed by atoms with van der Waals surface area (Å²) in [5, 5.41) is 7.10. The minimum absolute atomic E-state index is 0.412. The Morgan fingerprint density at radius 1 is 0.705 bits per heavy atom. The van der Waals surface area contributed by atoms with Crippen molar-refractivity contribution in [3.63, 3.8) is 0 Å². The molecule has 0 spiro atoms. The fourth-order valence-electron chi connectivity index (χ4n) is 6.46. The van der Waals surface area contributed by atoms with Crippen molar-refractivity contribution in [3.05, 3.63) is 131 Å². The average molecular weight is 577 g/mol. The number of aryl methyl sites for hydroxylation is 4. The molecule has 3 heterocycles. The first kappa shape index (κ1) is 27.7. The minimum Gasteiger partial charge on any atom is -0.457 e. The summed E-state index contributed by atoms with van der Waals surface area (Å²) in [7, 11) is 0. The molecule has 0 radical (unpaired) electrons. The van der Waals surface area contributed by atoms with E-state index in [0.717, 1.165) is 45.2 Å². The van der Waals surface area contributed by atoms with Crippen molar-refractivity contribution in [2.75, 3.05) is 0 Å². The fourth-order valence-corrected chi connectivity index (χ4v) is 6.46. The topological polar surface area (TPSA) is 44.9 Å². The highest BCUT2D eigenvalue weighted by molar-refractivity contribution is 6.09. The number of ether oxygens (including phenoxy) is 1. The number of para-hydroxylation sites is 1. The molecule has 5 heteroatoms. The van der Waals surface area contributed by atoms with Crippen LogP contribution in [-0.2, 0) is 0 Å². The van der Waals surface area contributed by atoms with Crippen molar-refractivity contribution in [1.29, 1.82) is 0 Å². The third kappa shape index (κ3) is 4.94. The molecule has 0 saturated carbocycles. The number of hydrogen-bond acceptors (Lipinski definition) is 3. The Balaban J connectivity index is 1.27. The van der Waals surface area contributed by atoms with E-state index in [2.05, 4.69) is 125 Å². The summed E-state index contributed by atoms with van der Waals surface area (Å²) in [6, 6.07) is 29.8. The monoisotopic (exact) mass is 576 g/mol. The summed E-state index contributed by atoms with van der Waals surface area (Å²) in [5.41, 5.74) is 11.6. The van der Waals surface area contributed by atoms with Gasteiger partial charge < -0.3 is 4.74 Å². The quantitative estimate of drug-likeness (QED) is 0.198. The number of pyridine rings is 1. The van der Waals surface area contributed by atoms with Gasteiger partial charge >= 0.3 is 0 Å². The van der Waals surface area contributed by atoms with Gasteiger partial charge in [0.25, 0.3) is 0 Å². The first-order valence-corrected chi connectivity index (χ1v) is 15.2. The molecule has 7 aromatic rings. The third-order valence-electron chi connectivity index (χ3n) is 8.39. The SMILES string of the molecule is Cc1cc(Oc2ccc3c4ccccc4n(-c4cc(C(C)C)ccn4)c3c2)cc(-n2cc(-c3c(C)cc(C)cc3C)cn2)c1. The van der Waals surface area contributed by atoms with Crippen molar-refractivity contribution in [2.24, 2.45) is 0 Å². The molecule has 0 unspecified atom stereocenters. The van der Waals surface area contributed by atoms with Gasteiger partial charge in [0.15, 0.2) is 0 Å². The molecule has 4 aromatic carbocycles. The first-order valence-electron chi connectivity index (χ1n) is 15.2. The lowest BCUT2D eigenvalue weighted by Gasteiger charge is -2.12. The molecule has 0 saturated heterocycles. The highest BCUT2D eigenvalue weighted by atomic mass is 16.5. The molecular weight excluding hydrogens is 540 g/mol.